The van der Waals surface area contributed by atoms with Crippen LogP contribution in [-0.4, -0.2) is 19.6 Å². The van der Waals surface area contributed by atoms with E-state index in [1.165, 1.54) is 16.7 Å². The highest BCUT2D eigenvalue weighted by atomic mass is 15.4. The molecule has 5 heteroatoms. The summed E-state index contributed by atoms with van der Waals surface area (Å²) in [5.74, 6) is 1.39. The van der Waals surface area contributed by atoms with Gasteiger partial charge in [-0.25, -0.2) is 9.97 Å². The van der Waals surface area contributed by atoms with E-state index in [2.05, 4.69) is 91.4 Å². The monoisotopic (exact) mass is 392 g/mol. The maximum atomic E-state index is 4.57. The summed E-state index contributed by atoms with van der Waals surface area (Å²) in [7, 11) is 2.11. The van der Waals surface area contributed by atoms with E-state index in [1.807, 2.05) is 30.9 Å². The van der Waals surface area contributed by atoms with Crippen LogP contribution in [0.2, 0.25) is 0 Å². The second-order valence-electron chi connectivity index (χ2n) is 9.68. The molecular formula is C24H34N5+. The Hall–Kier alpha value is -2.56. The van der Waals surface area contributed by atoms with Gasteiger partial charge in [-0.1, -0.05) is 33.8 Å². The predicted molar refractivity (Wildman–Crippen MR) is 116 cm³/mol. The van der Waals surface area contributed by atoms with Gasteiger partial charge < -0.3 is 0 Å². The summed E-state index contributed by atoms with van der Waals surface area (Å²) in [6, 6.07) is 4.15. The summed E-state index contributed by atoms with van der Waals surface area (Å²) in [5, 5.41) is 0. The molecule has 0 bridgehead atoms. The molecule has 0 saturated carbocycles. The van der Waals surface area contributed by atoms with E-state index in [4.69, 9.17) is 0 Å². The Morgan fingerprint density at radius 3 is 2.34 bits per heavy atom. The van der Waals surface area contributed by atoms with Crippen LogP contribution in [0.3, 0.4) is 0 Å². The molecule has 3 heterocycles. The number of aryl methyl sites for hydroxylation is 1. The Morgan fingerprint density at radius 1 is 1.03 bits per heavy atom. The van der Waals surface area contributed by atoms with Gasteiger partial charge in [0, 0.05) is 35.8 Å². The van der Waals surface area contributed by atoms with Crippen molar-refractivity contribution < 1.29 is 4.68 Å². The Labute approximate surface area is 174 Å². The van der Waals surface area contributed by atoms with E-state index in [-0.39, 0.29) is 10.8 Å². The first-order chi connectivity index (χ1) is 13.6. The van der Waals surface area contributed by atoms with Gasteiger partial charge in [0.15, 0.2) is 12.7 Å². The van der Waals surface area contributed by atoms with Crippen LogP contribution in [0.5, 0.6) is 0 Å². The van der Waals surface area contributed by atoms with Crippen molar-refractivity contribution in [3.8, 4) is 0 Å². The Bertz CT molecular complexity index is 954. The number of pyridine rings is 1. The normalized spacial score (nSPS) is 12.6. The molecule has 0 radical (unpaired) electrons. The standard InChI is InChI=1S/C24H34N5/c1-18(2)20-15-28(7)29(16-20)17-24(5,6)21-11-19(13-25-14-21)12-23(3,4)22-26-9-8-10-27-22/h8-11,13-16,18H,12,17H2,1-7H3/q+1. The third-order valence-corrected chi connectivity index (χ3v) is 5.66. The minimum absolute atomic E-state index is 0.0402. The SMILES string of the molecule is CC(C)c1cn(C)[n+](CC(C)(C)c2cncc(CC(C)(C)c3ncccn3)c2)c1. The van der Waals surface area contributed by atoms with Gasteiger partial charge in [0.1, 0.15) is 5.82 Å². The van der Waals surface area contributed by atoms with E-state index in [1.54, 1.807) is 0 Å². The number of aromatic nitrogens is 5. The quantitative estimate of drug-likeness (QED) is 0.568. The van der Waals surface area contributed by atoms with E-state index >= 15 is 0 Å². The summed E-state index contributed by atoms with van der Waals surface area (Å²) in [5.41, 5.74) is 3.64. The molecular weight excluding hydrogens is 358 g/mol. The van der Waals surface area contributed by atoms with Crippen LogP contribution in [0.1, 0.15) is 70.0 Å². The minimum atomic E-state index is -0.148. The highest BCUT2D eigenvalue weighted by Crippen LogP contribution is 2.28. The largest absolute Gasteiger partial charge is 0.264 e. The lowest BCUT2D eigenvalue weighted by molar-refractivity contribution is -0.779. The minimum Gasteiger partial charge on any atom is -0.264 e. The van der Waals surface area contributed by atoms with E-state index < -0.39 is 0 Å². The Morgan fingerprint density at radius 2 is 1.72 bits per heavy atom. The topological polar surface area (TPSA) is 47.5 Å². The molecule has 0 spiro atoms. The van der Waals surface area contributed by atoms with Crippen molar-refractivity contribution in [1.82, 2.24) is 19.6 Å². The molecule has 0 atom stereocenters. The van der Waals surface area contributed by atoms with Crippen molar-refractivity contribution in [2.75, 3.05) is 0 Å². The number of rotatable bonds is 7. The molecule has 0 unspecified atom stereocenters. The van der Waals surface area contributed by atoms with Crippen LogP contribution in [0, 0.1) is 0 Å². The molecule has 0 N–H and O–H groups in total. The van der Waals surface area contributed by atoms with Crippen LogP contribution in [0.4, 0.5) is 0 Å². The first-order valence-corrected chi connectivity index (χ1v) is 10.4. The fraction of sp³-hybridized carbons (Fsp3) is 0.500. The molecule has 0 saturated heterocycles. The van der Waals surface area contributed by atoms with E-state index in [0.29, 0.717) is 5.92 Å². The zero-order valence-electron chi connectivity index (χ0n) is 18.8. The van der Waals surface area contributed by atoms with Crippen molar-refractivity contribution in [3.05, 3.63) is 71.8 Å². The Kier molecular flexibility index (Phi) is 5.87. The molecule has 0 aliphatic heterocycles. The summed E-state index contributed by atoms with van der Waals surface area (Å²) in [6.45, 7) is 14.3. The highest BCUT2D eigenvalue weighted by Gasteiger charge is 2.30. The molecule has 3 aromatic rings. The van der Waals surface area contributed by atoms with Gasteiger partial charge in [-0.15, -0.1) is 4.68 Å². The average Bonchev–Trinajstić information content (AvgIpc) is 3.03. The molecule has 5 nitrogen and oxygen atoms in total. The summed E-state index contributed by atoms with van der Waals surface area (Å²) < 4.78 is 4.48. The molecule has 29 heavy (non-hydrogen) atoms. The maximum Gasteiger partial charge on any atom is 0.199 e. The second kappa shape index (κ2) is 8.05. The third kappa shape index (κ3) is 4.89. The van der Waals surface area contributed by atoms with Crippen molar-refractivity contribution >= 4 is 0 Å². The molecule has 0 aliphatic rings. The van der Waals surface area contributed by atoms with Crippen LogP contribution < -0.4 is 4.68 Å². The molecule has 3 rings (SSSR count). The number of hydrogen-bond acceptors (Lipinski definition) is 3. The Balaban J connectivity index is 1.82. The van der Waals surface area contributed by atoms with Crippen molar-refractivity contribution in [2.45, 2.75) is 71.3 Å². The highest BCUT2D eigenvalue weighted by molar-refractivity contribution is 5.27. The van der Waals surface area contributed by atoms with Gasteiger partial charge in [0.05, 0.1) is 18.7 Å². The summed E-state index contributed by atoms with van der Waals surface area (Å²) in [4.78, 5) is 13.5. The van der Waals surface area contributed by atoms with E-state index in [9.17, 15) is 0 Å². The zero-order chi connectivity index (χ0) is 21.2. The first-order valence-electron chi connectivity index (χ1n) is 10.4. The molecule has 0 fully saturated rings. The number of hydrogen-bond donors (Lipinski definition) is 0. The second-order valence-corrected chi connectivity index (χ2v) is 9.68. The van der Waals surface area contributed by atoms with Gasteiger partial charge in [0.2, 0.25) is 0 Å². The van der Waals surface area contributed by atoms with Crippen LogP contribution in [0.15, 0.2) is 49.3 Å². The average molecular weight is 393 g/mol. The van der Waals surface area contributed by atoms with Crippen LogP contribution >= 0.6 is 0 Å². The molecule has 0 aromatic carbocycles. The van der Waals surface area contributed by atoms with Gasteiger partial charge >= 0.3 is 0 Å². The smallest absolute Gasteiger partial charge is 0.199 e. The first kappa shape index (κ1) is 21.2. The molecule has 0 amide bonds. The van der Waals surface area contributed by atoms with Crippen molar-refractivity contribution in [2.24, 2.45) is 7.05 Å². The summed E-state index contributed by atoms with van der Waals surface area (Å²) >= 11 is 0. The van der Waals surface area contributed by atoms with Crippen molar-refractivity contribution in [3.63, 3.8) is 0 Å². The molecule has 3 aromatic heterocycles. The lowest BCUT2D eigenvalue weighted by Gasteiger charge is -2.25. The maximum absolute atomic E-state index is 4.57. The van der Waals surface area contributed by atoms with Crippen LogP contribution in [-0.2, 0) is 30.8 Å². The van der Waals surface area contributed by atoms with Crippen LogP contribution in [0.25, 0.3) is 0 Å². The molecule has 0 aliphatic carbocycles. The fourth-order valence-electron chi connectivity index (χ4n) is 3.73. The lowest BCUT2D eigenvalue weighted by Crippen LogP contribution is -2.48. The van der Waals surface area contributed by atoms with E-state index in [0.717, 1.165) is 18.8 Å². The van der Waals surface area contributed by atoms with Crippen molar-refractivity contribution in [1.29, 1.82) is 0 Å². The fourth-order valence-corrected chi connectivity index (χ4v) is 3.73. The summed E-state index contributed by atoms with van der Waals surface area (Å²) in [6.07, 6.45) is 12.9. The third-order valence-electron chi connectivity index (χ3n) is 5.66. The predicted octanol–water partition coefficient (Wildman–Crippen LogP) is 4.12. The zero-order valence-corrected chi connectivity index (χ0v) is 18.8. The van der Waals surface area contributed by atoms with Gasteiger partial charge in [-0.05, 0) is 43.4 Å². The van der Waals surface area contributed by atoms with Gasteiger partial charge in [-0.2, -0.15) is 4.68 Å². The molecule has 154 valence electrons. The van der Waals surface area contributed by atoms with Gasteiger partial charge in [-0.3, -0.25) is 4.98 Å². The van der Waals surface area contributed by atoms with Gasteiger partial charge in [0.25, 0.3) is 0 Å². The lowest BCUT2D eigenvalue weighted by atomic mass is 9.81. The number of nitrogens with zero attached hydrogens (tertiary/aromatic N) is 5.